The van der Waals surface area contributed by atoms with Crippen LogP contribution in [0.2, 0.25) is 0 Å². The van der Waals surface area contributed by atoms with Gasteiger partial charge in [0.2, 0.25) is 0 Å². The van der Waals surface area contributed by atoms with Crippen LogP contribution in [0.15, 0.2) is 16.9 Å². The SMILES string of the molecule is CC(N)c1noc2nccnc12. The van der Waals surface area contributed by atoms with Crippen LogP contribution in [0.5, 0.6) is 0 Å². The smallest absolute Gasteiger partial charge is 0.276 e. The lowest BCUT2D eigenvalue weighted by molar-refractivity contribution is 0.433. The van der Waals surface area contributed by atoms with Crippen molar-refractivity contribution in [2.45, 2.75) is 13.0 Å². The van der Waals surface area contributed by atoms with Gasteiger partial charge in [0.1, 0.15) is 5.69 Å². The Kier molecular flexibility index (Phi) is 1.51. The zero-order valence-electron chi connectivity index (χ0n) is 6.56. The van der Waals surface area contributed by atoms with Crippen LogP contribution in [0, 0.1) is 0 Å². The minimum atomic E-state index is -0.178. The van der Waals surface area contributed by atoms with Gasteiger partial charge in [-0.1, -0.05) is 5.16 Å². The average Bonchev–Trinajstić information content (AvgIpc) is 2.47. The number of hydrogen-bond donors (Lipinski definition) is 1. The van der Waals surface area contributed by atoms with E-state index in [0.29, 0.717) is 16.9 Å². The minimum Gasteiger partial charge on any atom is -0.334 e. The average molecular weight is 164 g/mol. The summed E-state index contributed by atoms with van der Waals surface area (Å²) in [7, 11) is 0. The van der Waals surface area contributed by atoms with E-state index in [0.717, 1.165) is 0 Å². The van der Waals surface area contributed by atoms with Crippen LogP contribution in [-0.4, -0.2) is 15.1 Å². The van der Waals surface area contributed by atoms with Crippen molar-refractivity contribution in [1.82, 2.24) is 15.1 Å². The van der Waals surface area contributed by atoms with Crippen LogP contribution in [0.3, 0.4) is 0 Å². The maximum atomic E-state index is 5.63. The van der Waals surface area contributed by atoms with Crippen LogP contribution in [0.25, 0.3) is 11.2 Å². The molecule has 0 saturated carbocycles. The molecule has 0 aliphatic heterocycles. The lowest BCUT2D eigenvalue weighted by atomic mass is 10.2. The second-order valence-corrected chi connectivity index (χ2v) is 2.57. The first-order valence-electron chi connectivity index (χ1n) is 3.61. The molecule has 62 valence electrons. The number of fused-ring (bicyclic) bond motifs is 1. The normalized spacial score (nSPS) is 13.5. The molecule has 2 rings (SSSR count). The Balaban J connectivity index is 2.70. The second kappa shape index (κ2) is 2.53. The summed E-state index contributed by atoms with van der Waals surface area (Å²) in [5, 5.41) is 3.77. The Bertz CT molecular complexity index is 395. The Hall–Kier alpha value is -1.49. The van der Waals surface area contributed by atoms with Crippen molar-refractivity contribution in [3.63, 3.8) is 0 Å². The zero-order valence-corrected chi connectivity index (χ0v) is 6.56. The molecule has 2 aromatic rings. The zero-order chi connectivity index (χ0) is 8.55. The Morgan fingerprint density at radius 2 is 2.17 bits per heavy atom. The molecule has 0 aliphatic carbocycles. The lowest BCUT2D eigenvalue weighted by Gasteiger charge is -1.96. The predicted octanol–water partition coefficient (Wildman–Crippen LogP) is 0.638. The van der Waals surface area contributed by atoms with Crippen LogP contribution >= 0.6 is 0 Å². The largest absolute Gasteiger partial charge is 0.334 e. The number of hydrogen-bond acceptors (Lipinski definition) is 5. The van der Waals surface area contributed by atoms with Crippen LogP contribution < -0.4 is 5.73 Å². The van der Waals surface area contributed by atoms with Gasteiger partial charge in [0.25, 0.3) is 5.71 Å². The van der Waals surface area contributed by atoms with Gasteiger partial charge in [0.15, 0.2) is 5.52 Å². The van der Waals surface area contributed by atoms with E-state index >= 15 is 0 Å². The van der Waals surface area contributed by atoms with Crippen LogP contribution in [0.4, 0.5) is 0 Å². The summed E-state index contributed by atoms with van der Waals surface area (Å²) in [5.74, 6) is 0. The van der Waals surface area contributed by atoms with Gasteiger partial charge in [-0.3, -0.25) is 0 Å². The highest BCUT2D eigenvalue weighted by molar-refractivity contribution is 5.70. The number of rotatable bonds is 1. The molecule has 1 unspecified atom stereocenters. The lowest BCUT2D eigenvalue weighted by Crippen LogP contribution is -2.05. The van der Waals surface area contributed by atoms with Gasteiger partial charge in [-0.05, 0) is 6.92 Å². The molecule has 0 spiro atoms. The Morgan fingerprint density at radius 1 is 1.42 bits per heavy atom. The van der Waals surface area contributed by atoms with Crippen molar-refractivity contribution in [1.29, 1.82) is 0 Å². The Labute approximate surface area is 68.6 Å². The molecule has 0 bridgehead atoms. The van der Waals surface area contributed by atoms with Gasteiger partial charge in [-0.2, -0.15) is 0 Å². The van der Waals surface area contributed by atoms with E-state index in [1.54, 1.807) is 12.4 Å². The van der Waals surface area contributed by atoms with Gasteiger partial charge >= 0.3 is 0 Å². The van der Waals surface area contributed by atoms with Crippen molar-refractivity contribution in [3.8, 4) is 0 Å². The maximum absolute atomic E-state index is 5.63. The van der Waals surface area contributed by atoms with Crippen molar-refractivity contribution < 1.29 is 4.52 Å². The van der Waals surface area contributed by atoms with E-state index in [1.165, 1.54) is 0 Å². The number of nitrogens with zero attached hydrogens (tertiary/aromatic N) is 3. The fourth-order valence-electron chi connectivity index (χ4n) is 1.00. The van der Waals surface area contributed by atoms with Crippen LogP contribution in [-0.2, 0) is 0 Å². The quantitative estimate of drug-likeness (QED) is 0.669. The third kappa shape index (κ3) is 0.947. The van der Waals surface area contributed by atoms with E-state index in [2.05, 4.69) is 15.1 Å². The molecule has 5 nitrogen and oxygen atoms in total. The molecule has 0 fully saturated rings. The van der Waals surface area contributed by atoms with E-state index < -0.39 is 0 Å². The van der Waals surface area contributed by atoms with Gasteiger partial charge in [0, 0.05) is 18.4 Å². The number of nitrogens with two attached hydrogens (primary N) is 1. The highest BCUT2D eigenvalue weighted by Crippen LogP contribution is 2.17. The third-order valence-electron chi connectivity index (χ3n) is 1.57. The summed E-state index contributed by atoms with van der Waals surface area (Å²) >= 11 is 0. The van der Waals surface area contributed by atoms with Gasteiger partial charge in [-0.15, -0.1) is 0 Å². The first-order chi connectivity index (χ1) is 5.79. The van der Waals surface area contributed by atoms with E-state index in [9.17, 15) is 0 Å². The van der Waals surface area contributed by atoms with Gasteiger partial charge in [-0.25, -0.2) is 9.97 Å². The molecule has 2 heterocycles. The van der Waals surface area contributed by atoms with Crippen LogP contribution in [0.1, 0.15) is 18.7 Å². The minimum absolute atomic E-state index is 0.178. The second-order valence-electron chi connectivity index (χ2n) is 2.57. The standard InChI is InChI=1S/C7H8N4O/c1-4(8)5-6-7(12-11-5)10-3-2-9-6/h2-4H,8H2,1H3. The summed E-state index contributed by atoms with van der Waals surface area (Å²) < 4.78 is 4.91. The molecular formula is C7H8N4O. The van der Waals surface area contributed by atoms with E-state index in [4.69, 9.17) is 10.3 Å². The molecular weight excluding hydrogens is 156 g/mol. The monoisotopic (exact) mass is 164 g/mol. The highest BCUT2D eigenvalue weighted by Gasteiger charge is 2.12. The number of aromatic nitrogens is 3. The van der Waals surface area contributed by atoms with Crippen molar-refractivity contribution >= 4 is 11.2 Å². The van der Waals surface area contributed by atoms with Crippen molar-refractivity contribution in [2.75, 3.05) is 0 Å². The first kappa shape index (κ1) is 7.17. The summed E-state index contributed by atoms with van der Waals surface area (Å²) in [5.41, 5.74) is 7.37. The summed E-state index contributed by atoms with van der Waals surface area (Å²) in [6.07, 6.45) is 3.14. The van der Waals surface area contributed by atoms with E-state index in [-0.39, 0.29) is 6.04 Å². The fraction of sp³-hybridized carbons (Fsp3) is 0.286. The molecule has 12 heavy (non-hydrogen) atoms. The predicted molar refractivity (Wildman–Crippen MR) is 42.2 cm³/mol. The third-order valence-corrected chi connectivity index (χ3v) is 1.57. The Morgan fingerprint density at radius 3 is 2.92 bits per heavy atom. The molecule has 0 aliphatic rings. The molecule has 2 N–H and O–H groups in total. The fourth-order valence-corrected chi connectivity index (χ4v) is 1.00. The molecule has 5 heteroatoms. The highest BCUT2D eigenvalue weighted by atomic mass is 16.5. The molecule has 0 aromatic carbocycles. The summed E-state index contributed by atoms with van der Waals surface area (Å²) in [6.45, 7) is 1.83. The molecule has 1 atom stereocenters. The van der Waals surface area contributed by atoms with Gasteiger partial charge in [0.05, 0.1) is 0 Å². The summed E-state index contributed by atoms with van der Waals surface area (Å²) in [6, 6.07) is -0.178. The van der Waals surface area contributed by atoms with Crippen molar-refractivity contribution in [3.05, 3.63) is 18.1 Å². The molecule has 0 radical (unpaired) electrons. The molecule has 0 amide bonds. The van der Waals surface area contributed by atoms with Crippen molar-refractivity contribution in [2.24, 2.45) is 5.73 Å². The molecule has 0 saturated heterocycles. The summed E-state index contributed by atoms with van der Waals surface area (Å²) in [4.78, 5) is 8.00. The molecule has 2 aromatic heterocycles. The topological polar surface area (TPSA) is 77.8 Å². The first-order valence-corrected chi connectivity index (χ1v) is 3.61. The van der Waals surface area contributed by atoms with Gasteiger partial charge < -0.3 is 10.3 Å². The maximum Gasteiger partial charge on any atom is 0.276 e. The van der Waals surface area contributed by atoms with E-state index in [1.807, 2.05) is 6.92 Å².